The Balaban J connectivity index is 1.26. The molecule has 0 spiro atoms. The third-order valence-electron chi connectivity index (χ3n) is 7.01. The summed E-state index contributed by atoms with van der Waals surface area (Å²) in [6.07, 6.45) is 10.3. The van der Waals surface area contributed by atoms with Crippen molar-refractivity contribution < 1.29 is 14.4 Å². The molecule has 0 unspecified atom stereocenters. The molecule has 6 nitrogen and oxygen atoms in total. The largest absolute Gasteiger partial charge is 0.356 e. The number of likely N-dealkylation sites (tertiary alicyclic amines) is 1. The Labute approximate surface area is 169 Å². The smallest absolute Gasteiger partial charge is 0.239 e. The second kappa shape index (κ2) is 10.3. The average Bonchev–Trinajstić information content (AvgIpc) is 3.10. The summed E-state index contributed by atoms with van der Waals surface area (Å²) < 4.78 is 0. The summed E-state index contributed by atoms with van der Waals surface area (Å²) in [6, 6.07) is 0. The zero-order valence-electron chi connectivity index (χ0n) is 17.4. The summed E-state index contributed by atoms with van der Waals surface area (Å²) in [4.78, 5) is 37.7. The molecule has 2 saturated carbocycles. The summed E-state index contributed by atoms with van der Waals surface area (Å²) >= 11 is 0. The van der Waals surface area contributed by atoms with Crippen LogP contribution in [0.3, 0.4) is 0 Å². The number of hydrogen-bond acceptors (Lipinski definition) is 3. The van der Waals surface area contributed by atoms with E-state index in [1.807, 2.05) is 0 Å². The van der Waals surface area contributed by atoms with Gasteiger partial charge in [0.1, 0.15) is 0 Å². The monoisotopic (exact) mass is 391 g/mol. The van der Waals surface area contributed by atoms with Gasteiger partial charge in [0, 0.05) is 32.0 Å². The minimum absolute atomic E-state index is 0.0357. The fraction of sp³-hybridized carbons (Fsp3) is 0.864. The van der Waals surface area contributed by atoms with Gasteiger partial charge in [0.15, 0.2) is 0 Å². The van der Waals surface area contributed by atoms with Crippen LogP contribution in [0.4, 0.5) is 0 Å². The second-order valence-electron chi connectivity index (χ2n) is 9.31. The lowest BCUT2D eigenvalue weighted by Crippen LogP contribution is -2.40. The number of hydrogen-bond donors (Lipinski definition) is 2. The van der Waals surface area contributed by atoms with Gasteiger partial charge in [-0.3, -0.25) is 14.4 Å². The molecule has 0 bridgehead atoms. The summed E-state index contributed by atoms with van der Waals surface area (Å²) in [5.41, 5.74) is 0. The van der Waals surface area contributed by atoms with Gasteiger partial charge in [0.05, 0.1) is 6.54 Å². The highest BCUT2D eigenvalue weighted by Crippen LogP contribution is 2.30. The zero-order chi connectivity index (χ0) is 19.9. The third-order valence-corrected chi connectivity index (χ3v) is 7.01. The highest BCUT2D eigenvalue weighted by molar-refractivity contribution is 5.85. The lowest BCUT2D eigenvalue weighted by molar-refractivity contribution is -0.133. The molecule has 0 aromatic heterocycles. The molecule has 2 aliphatic carbocycles. The summed E-state index contributed by atoms with van der Waals surface area (Å²) in [6.45, 7) is 4.71. The first-order valence-corrected chi connectivity index (χ1v) is 11.3. The molecular formula is C22H37N3O3. The van der Waals surface area contributed by atoms with Gasteiger partial charge in [-0.25, -0.2) is 0 Å². The maximum Gasteiger partial charge on any atom is 0.239 e. The molecule has 0 aromatic carbocycles. The van der Waals surface area contributed by atoms with E-state index in [9.17, 15) is 14.4 Å². The Morgan fingerprint density at radius 3 is 2.11 bits per heavy atom. The van der Waals surface area contributed by atoms with Gasteiger partial charge in [-0.2, -0.15) is 0 Å². The molecule has 0 radical (unpaired) electrons. The third kappa shape index (κ3) is 6.21. The molecule has 1 aliphatic heterocycles. The first-order chi connectivity index (χ1) is 13.5. The van der Waals surface area contributed by atoms with Crippen molar-refractivity contribution in [3.05, 3.63) is 0 Å². The van der Waals surface area contributed by atoms with Crippen LogP contribution in [-0.4, -0.2) is 48.8 Å². The Hall–Kier alpha value is -1.59. The lowest BCUT2D eigenvalue weighted by Gasteiger charge is -2.30. The molecule has 3 fully saturated rings. The van der Waals surface area contributed by atoms with E-state index in [-0.39, 0.29) is 30.2 Å². The first-order valence-electron chi connectivity index (χ1n) is 11.3. The van der Waals surface area contributed by atoms with Gasteiger partial charge in [-0.05, 0) is 75.5 Å². The minimum atomic E-state index is -0.0357. The molecule has 3 rings (SSSR count). The van der Waals surface area contributed by atoms with Crippen molar-refractivity contribution in [3.63, 3.8) is 0 Å². The molecule has 0 atom stereocenters. The van der Waals surface area contributed by atoms with E-state index in [0.29, 0.717) is 31.3 Å². The van der Waals surface area contributed by atoms with Crippen molar-refractivity contribution in [1.82, 2.24) is 15.5 Å². The predicted octanol–water partition coefficient (Wildman–Crippen LogP) is 2.47. The number of nitrogens with zero attached hydrogens (tertiary/aromatic N) is 1. The van der Waals surface area contributed by atoms with Crippen molar-refractivity contribution in [2.24, 2.45) is 23.7 Å². The first kappa shape index (κ1) is 21.1. The van der Waals surface area contributed by atoms with Crippen LogP contribution >= 0.6 is 0 Å². The van der Waals surface area contributed by atoms with E-state index >= 15 is 0 Å². The summed E-state index contributed by atoms with van der Waals surface area (Å²) in [5, 5.41) is 6.21. The molecule has 28 heavy (non-hydrogen) atoms. The highest BCUT2D eigenvalue weighted by atomic mass is 16.2. The van der Waals surface area contributed by atoms with Crippen LogP contribution in [-0.2, 0) is 14.4 Å². The predicted molar refractivity (Wildman–Crippen MR) is 108 cm³/mol. The van der Waals surface area contributed by atoms with Crippen LogP contribution < -0.4 is 10.6 Å². The van der Waals surface area contributed by atoms with Crippen molar-refractivity contribution in [1.29, 1.82) is 0 Å². The van der Waals surface area contributed by atoms with E-state index in [2.05, 4.69) is 17.6 Å². The number of carbonyl (C=O) groups excluding carboxylic acids is 3. The second-order valence-corrected chi connectivity index (χ2v) is 9.31. The standard InChI is InChI=1S/C22H37N3O3/c1-16-4-10-19(11-5-16)22(28)24-14-18-8-6-17(7-9-18)13-23-20(26)15-25-12-2-3-21(25)27/h16-19H,2-15H2,1H3,(H,23,26)(H,24,28). The molecule has 158 valence electrons. The van der Waals surface area contributed by atoms with Gasteiger partial charge in [0.2, 0.25) is 17.7 Å². The summed E-state index contributed by atoms with van der Waals surface area (Å²) in [5.74, 6) is 2.41. The van der Waals surface area contributed by atoms with Gasteiger partial charge in [-0.1, -0.05) is 6.92 Å². The van der Waals surface area contributed by atoms with Gasteiger partial charge in [0.25, 0.3) is 0 Å². The molecule has 0 aromatic rings. The average molecular weight is 392 g/mol. The van der Waals surface area contributed by atoms with Crippen LogP contribution in [0.5, 0.6) is 0 Å². The SMILES string of the molecule is CC1CCC(C(=O)NCC2CCC(CNC(=O)CN3CCCC3=O)CC2)CC1. The van der Waals surface area contributed by atoms with E-state index in [1.54, 1.807) is 4.90 Å². The maximum atomic E-state index is 12.4. The molecule has 6 heteroatoms. The normalized spacial score (nSPS) is 30.9. The Kier molecular flexibility index (Phi) is 7.74. The van der Waals surface area contributed by atoms with Crippen molar-refractivity contribution in [2.45, 2.75) is 71.1 Å². The van der Waals surface area contributed by atoms with E-state index in [0.717, 1.165) is 57.4 Å². The number of rotatable bonds is 7. The summed E-state index contributed by atoms with van der Waals surface area (Å²) in [7, 11) is 0. The quantitative estimate of drug-likeness (QED) is 0.700. The topological polar surface area (TPSA) is 78.5 Å². The Morgan fingerprint density at radius 2 is 1.54 bits per heavy atom. The fourth-order valence-electron chi connectivity index (χ4n) is 4.91. The van der Waals surface area contributed by atoms with E-state index < -0.39 is 0 Å². The van der Waals surface area contributed by atoms with E-state index in [4.69, 9.17) is 0 Å². The highest BCUT2D eigenvalue weighted by Gasteiger charge is 2.27. The van der Waals surface area contributed by atoms with Crippen LogP contribution in [0.25, 0.3) is 0 Å². The Morgan fingerprint density at radius 1 is 0.929 bits per heavy atom. The lowest BCUT2D eigenvalue weighted by atomic mass is 9.81. The van der Waals surface area contributed by atoms with Crippen molar-refractivity contribution >= 4 is 17.7 Å². The van der Waals surface area contributed by atoms with E-state index in [1.165, 1.54) is 12.8 Å². The van der Waals surface area contributed by atoms with Crippen LogP contribution in [0, 0.1) is 23.7 Å². The molecule has 1 saturated heterocycles. The molecular weight excluding hydrogens is 354 g/mol. The molecule has 1 heterocycles. The number of carbonyl (C=O) groups is 3. The van der Waals surface area contributed by atoms with Crippen molar-refractivity contribution in [3.8, 4) is 0 Å². The molecule has 3 amide bonds. The van der Waals surface area contributed by atoms with Crippen LogP contribution in [0.15, 0.2) is 0 Å². The zero-order valence-corrected chi connectivity index (χ0v) is 17.4. The minimum Gasteiger partial charge on any atom is -0.356 e. The van der Waals surface area contributed by atoms with Gasteiger partial charge >= 0.3 is 0 Å². The maximum absolute atomic E-state index is 12.4. The van der Waals surface area contributed by atoms with Gasteiger partial charge in [-0.15, -0.1) is 0 Å². The Bertz CT molecular complexity index is 549. The number of nitrogens with one attached hydrogen (secondary N) is 2. The van der Waals surface area contributed by atoms with Crippen molar-refractivity contribution in [2.75, 3.05) is 26.2 Å². The van der Waals surface area contributed by atoms with Crippen LogP contribution in [0.1, 0.15) is 71.1 Å². The van der Waals surface area contributed by atoms with Gasteiger partial charge < -0.3 is 15.5 Å². The molecule has 3 aliphatic rings. The van der Waals surface area contributed by atoms with Crippen LogP contribution in [0.2, 0.25) is 0 Å². The number of amides is 3. The fourth-order valence-corrected chi connectivity index (χ4v) is 4.91. The molecule has 2 N–H and O–H groups in total.